The summed E-state index contributed by atoms with van der Waals surface area (Å²) in [5.41, 5.74) is 0. The molecule has 4 nitrogen and oxygen atoms in total. The van der Waals surface area contributed by atoms with Gasteiger partial charge in [-0.25, -0.2) is 0 Å². The van der Waals surface area contributed by atoms with E-state index in [1.165, 1.54) is 0 Å². The van der Waals surface area contributed by atoms with E-state index in [1.54, 1.807) is 14.2 Å². The van der Waals surface area contributed by atoms with Crippen molar-refractivity contribution >= 4 is 26.7 Å². The Morgan fingerprint density at radius 1 is 1.09 bits per heavy atom. The van der Waals surface area contributed by atoms with E-state index in [9.17, 15) is 0 Å². The lowest BCUT2D eigenvalue weighted by Gasteiger charge is -2.23. The monoisotopic (exact) mass is 382 g/mol. The van der Waals surface area contributed by atoms with Gasteiger partial charge in [-0.1, -0.05) is 28.9 Å². The van der Waals surface area contributed by atoms with Gasteiger partial charge in [0, 0.05) is 12.5 Å². The average molecular weight is 383 g/mol. The van der Waals surface area contributed by atoms with Crippen molar-refractivity contribution in [3.05, 3.63) is 30.3 Å². The number of alkyl halides is 1. The van der Waals surface area contributed by atoms with Crippen LogP contribution in [0.2, 0.25) is 0 Å². The summed E-state index contributed by atoms with van der Waals surface area (Å²) in [5, 5.41) is 2.02. The molecule has 0 heterocycles. The van der Waals surface area contributed by atoms with Gasteiger partial charge in [-0.2, -0.15) is 0 Å². The molecule has 0 spiro atoms. The third-order valence-corrected chi connectivity index (χ3v) is 4.66. The molecular formula is C18H23BrO4. The summed E-state index contributed by atoms with van der Waals surface area (Å²) in [6, 6.07) is 9.82. The number of methoxy groups -OCH3 is 2. The molecule has 0 saturated carbocycles. The molecule has 5 heteroatoms. The molecule has 2 atom stereocenters. The van der Waals surface area contributed by atoms with Crippen molar-refractivity contribution in [3.8, 4) is 17.2 Å². The summed E-state index contributed by atoms with van der Waals surface area (Å²) in [6.07, 6.45) is 0.514. The number of benzene rings is 2. The third kappa shape index (κ3) is 4.09. The van der Waals surface area contributed by atoms with E-state index >= 15 is 0 Å². The van der Waals surface area contributed by atoms with Gasteiger partial charge in [0.2, 0.25) is 6.29 Å². The Bertz CT molecular complexity index is 644. The van der Waals surface area contributed by atoms with E-state index in [2.05, 4.69) is 22.9 Å². The Morgan fingerprint density at radius 2 is 1.87 bits per heavy atom. The van der Waals surface area contributed by atoms with Gasteiger partial charge in [0.1, 0.15) is 5.75 Å². The van der Waals surface area contributed by atoms with Gasteiger partial charge in [0.15, 0.2) is 11.5 Å². The maximum Gasteiger partial charge on any atom is 0.212 e. The first-order valence-electron chi connectivity index (χ1n) is 7.71. The van der Waals surface area contributed by atoms with E-state index < -0.39 is 0 Å². The lowest BCUT2D eigenvalue weighted by Crippen LogP contribution is -2.29. The van der Waals surface area contributed by atoms with E-state index in [0.717, 1.165) is 22.9 Å². The van der Waals surface area contributed by atoms with Crippen LogP contribution in [0, 0.1) is 0 Å². The molecule has 0 aliphatic rings. The SMILES string of the molecule is CCOc1ccc2c(OC)c(OC(OC)C(Br)CC)ccc2c1. The largest absolute Gasteiger partial charge is 0.494 e. The second kappa shape index (κ2) is 8.41. The normalized spacial score (nSPS) is 13.6. The zero-order valence-electron chi connectivity index (χ0n) is 14.0. The smallest absolute Gasteiger partial charge is 0.212 e. The fraction of sp³-hybridized carbons (Fsp3) is 0.444. The van der Waals surface area contributed by atoms with Crippen LogP contribution < -0.4 is 14.2 Å². The molecular weight excluding hydrogens is 360 g/mol. The molecule has 0 fully saturated rings. The first-order chi connectivity index (χ1) is 11.1. The summed E-state index contributed by atoms with van der Waals surface area (Å²) >= 11 is 3.58. The number of fused-ring (bicyclic) bond motifs is 1. The molecule has 2 unspecified atom stereocenters. The molecule has 2 aromatic carbocycles. The van der Waals surface area contributed by atoms with Crippen LogP contribution in [0.25, 0.3) is 10.8 Å². The summed E-state index contributed by atoms with van der Waals surface area (Å²) < 4.78 is 22.6. The number of hydrogen-bond acceptors (Lipinski definition) is 4. The van der Waals surface area contributed by atoms with Crippen molar-refractivity contribution in [1.29, 1.82) is 0 Å². The molecule has 0 N–H and O–H groups in total. The Balaban J connectivity index is 2.39. The molecule has 2 rings (SSSR count). The third-order valence-electron chi connectivity index (χ3n) is 3.58. The van der Waals surface area contributed by atoms with Crippen molar-refractivity contribution in [2.45, 2.75) is 31.4 Å². The molecule has 2 aromatic rings. The fourth-order valence-electron chi connectivity index (χ4n) is 2.41. The average Bonchev–Trinajstić information content (AvgIpc) is 2.58. The van der Waals surface area contributed by atoms with E-state index in [4.69, 9.17) is 18.9 Å². The van der Waals surface area contributed by atoms with Crippen molar-refractivity contribution in [1.82, 2.24) is 0 Å². The number of hydrogen-bond donors (Lipinski definition) is 0. The van der Waals surface area contributed by atoms with Crippen molar-refractivity contribution in [2.24, 2.45) is 0 Å². The minimum absolute atomic E-state index is 0.105. The first-order valence-corrected chi connectivity index (χ1v) is 8.63. The van der Waals surface area contributed by atoms with Crippen LogP contribution in [-0.4, -0.2) is 31.9 Å². The Kier molecular flexibility index (Phi) is 6.54. The first kappa shape index (κ1) is 17.9. The second-order valence-electron chi connectivity index (χ2n) is 5.06. The molecule has 0 bridgehead atoms. The molecule has 0 amide bonds. The van der Waals surface area contributed by atoms with Crippen LogP contribution in [0.15, 0.2) is 30.3 Å². The highest BCUT2D eigenvalue weighted by Crippen LogP contribution is 2.38. The van der Waals surface area contributed by atoms with Crippen LogP contribution >= 0.6 is 15.9 Å². The van der Waals surface area contributed by atoms with E-state index in [-0.39, 0.29) is 11.1 Å². The summed E-state index contributed by atoms with van der Waals surface area (Å²) in [7, 11) is 3.28. The van der Waals surface area contributed by atoms with Gasteiger partial charge in [0.25, 0.3) is 0 Å². The maximum atomic E-state index is 6.00. The summed E-state index contributed by atoms with van der Waals surface area (Å²) in [6.45, 7) is 4.68. The van der Waals surface area contributed by atoms with Gasteiger partial charge in [-0.15, -0.1) is 0 Å². The summed E-state index contributed by atoms with van der Waals surface area (Å²) in [4.78, 5) is 0.105. The van der Waals surface area contributed by atoms with Crippen LogP contribution in [0.5, 0.6) is 17.2 Å². The van der Waals surface area contributed by atoms with Gasteiger partial charge in [-0.3, -0.25) is 0 Å². The van der Waals surface area contributed by atoms with E-state index in [0.29, 0.717) is 18.1 Å². The maximum absolute atomic E-state index is 6.00. The van der Waals surface area contributed by atoms with Crippen molar-refractivity contribution < 1.29 is 18.9 Å². The highest BCUT2D eigenvalue weighted by Gasteiger charge is 2.21. The Morgan fingerprint density at radius 3 is 2.48 bits per heavy atom. The predicted octanol–water partition coefficient (Wildman–Crippen LogP) is 4.77. The molecule has 0 aliphatic carbocycles. The molecule has 0 aromatic heterocycles. The van der Waals surface area contributed by atoms with Gasteiger partial charge in [-0.05, 0) is 43.0 Å². The minimum Gasteiger partial charge on any atom is -0.494 e. The van der Waals surface area contributed by atoms with Crippen LogP contribution in [-0.2, 0) is 4.74 Å². The van der Waals surface area contributed by atoms with Crippen molar-refractivity contribution in [2.75, 3.05) is 20.8 Å². The van der Waals surface area contributed by atoms with Crippen molar-refractivity contribution in [3.63, 3.8) is 0 Å². The topological polar surface area (TPSA) is 36.9 Å². The van der Waals surface area contributed by atoms with Crippen LogP contribution in [0.4, 0.5) is 0 Å². The Labute approximate surface area is 145 Å². The number of ether oxygens (including phenoxy) is 4. The predicted molar refractivity (Wildman–Crippen MR) is 96.1 cm³/mol. The molecule has 126 valence electrons. The standard InChI is InChI=1S/C18H23BrO4/c1-5-15(19)18(21-4)23-16-10-7-12-11-13(22-6-2)8-9-14(12)17(16)20-3/h7-11,15,18H,5-6H2,1-4H3. The van der Waals surface area contributed by atoms with Gasteiger partial charge < -0.3 is 18.9 Å². The van der Waals surface area contributed by atoms with Gasteiger partial charge in [0.05, 0.1) is 18.5 Å². The second-order valence-corrected chi connectivity index (χ2v) is 6.24. The lowest BCUT2D eigenvalue weighted by molar-refractivity contribution is -0.0536. The number of halogens is 1. The summed E-state index contributed by atoms with van der Waals surface area (Å²) in [5.74, 6) is 2.20. The van der Waals surface area contributed by atoms with Crippen LogP contribution in [0.1, 0.15) is 20.3 Å². The minimum atomic E-state index is -0.381. The quantitative estimate of drug-likeness (QED) is 0.486. The molecule has 0 saturated heterocycles. The van der Waals surface area contributed by atoms with E-state index in [1.807, 2.05) is 37.3 Å². The highest BCUT2D eigenvalue weighted by atomic mass is 79.9. The molecule has 23 heavy (non-hydrogen) atoms. The number of rotatable bonds is 8. The molecule has 0 aliphatic heterocycles. The lowest BCUT2D eigenvalue weighted by atomic mass is 10.1. The van der Waals surface area contributed by atoms with Crippen LogP contribution in [0.3, 0.4) is 0 Å². The fourth-order valence-corrected chi connectivity index (χ4v) is 2.73. The van der Waals surface area contributed by atoms with Gasteiger partial charge >= 0.3 is 0 Å². The Hall–Kier alpha value is -1.46. The zero-order valence-corrected chi connectivity index (χ0v) is 15.6. The highest BCUT2D eigenvalue weighted by molar-refractivity contribution is 9.09. The molecule has 0 radical (unpaired) electrons. The zero-order chi connectivity index (χ0) is 16.8.